The molecule has 1 aliphatic rings. The molecule has 4 nitrogen and oxygen atoms in total. The quantitative estimate of drug-likeness (QED) is 0.741. The predicted octanol–water partition coefficient (Wildman–Crippen LogP) is 4.21. The first-order chi connectivity index (χ1) is 13.6. The maximum Gasteiger partial charge on any atom is 0.491 e. The van der Waals surface area contributed by atoms with E-state index in [0.717, 1.165) is 18.4 Å². The number of benzene rings is 2. The normalized spacial score (nSPS) is 14.1. The van der Waals surface area contributed by atoms with Crippen molar-refractivity contribution in [3.8, 4) is 0 Å². The molecule has 0 spiro atoms. The summed E-state index contributed by atoms with van der Waals surface area (Å²) in [6, 6.07) is 9.61. The van der Waals surface area contributed by atoms with Gasteiger partial charge in [-0.2, -0.15) is 0 Å². The molecular weight excluding hydrogens is 392 g/mol. The minimum atomic E-state index is -1.07. The topological polar surface area (TPSA) is 49.8 Å². The Labute approximate surface area is 176 Å². The fraction of sp³-hybridized carbons (Fsp3) is 0.409. The van der Waals surface area contributed by atoms with Gasteiger partial charge in [0, 0.05) is 12.2 Å². The van der Waals surface area contributed by atoms with E-state index < -0.39 is 24.4 Å². The van der Waals surface area contributed by atoms with Gasteiger partial charge in [-0.25, -0.2) is 4.39 Å². The van der Waals surface area contributed by atoms with E-state index in [1.807, 2.05) is 33.8 Å². The van der Waals surface area contributed by atoms with Gasteiger partial charge in [-0.3, -0.25) is 4.79 Å². The third-order valence-corrected chi connectivity index (χ3v) is 6.05. The highest BCUT2D eigenvalue weighted by Gasteiger charge is 2.32. The predicted molar refractivity (Wildman–Crippen MR) is 115 cm³/mol. The summed E-state index contributed by atoms with van der Waals surface area (Å²) in [4.78, 5) is 14.6. The highest BCUT2D eigenvalue weighted by atomic mass is 35.5. The number of amides is 1. The number of carbonyl (C=O) groups is 1. The van der Waals surface area contributed by atoms with E-state index in [-0.39, 0.29) is 16.5 Å². The van der Waals surface area contributed by atoms with Crippen LogP contribution in [0.1, 0.15) is 50.0 Å². The van der Waals surface area contributed by atoms with Crippen molar-refractivity contribution in [2.75, 3.05) is 11.4 Å². The van der Waals surface area contributed by atoms with Crippen LogP contribution in [0.15, 0.2) is 36.4 Å². The first-order valence-electron chi connectivity index (χ1n) is 9.86. The number of halogens is 2. The summed E-state index contributed by atoms with van der Waals surface area (Å²) in [5.41, 5.74) is 1.65. The summed E-state index contributed by atoms with van der Waals surface area (Å²) < 4.78 is 20.1. The second-order valence-corrected chi connectivity index (χ2v) is 8.68. The van der Waals surface area contributed by atoms with Crippen molar-refractivity contribution < 1.29 is 18.9 Å². The van der Waals surface area contributed by atoms with Gasteiger partial charge in [-0.05, 0) is 61.8 Å². The standard InChI is InChI=1S/C22H26BClFNO3/c1-14(2)22(3,4)29-23(28)16-10-11-19-15(13-16)7-6-12-26(19)21(27)20-17(24)8-5-9-18(20)25/h5,8-11,13-14,28H,6-7,12H2,1-4H3. The molecule has 0 fully saturated rings. The maximum atomic E-state index is 14.2. The van der Waals surface area contributed by atoms with Crippen molar-refractivity contribution in [1.82, 2.24) is 0 Å². The highest BCUT2D eigenvalue weighted by Crippen LogP contribution is 2.30. The molecule has 29 heavy (non-hydrogen) atoms. The Hall–Kier alpha value is -1.89. The van der Waals surface area contributed by atoms with Crippen LogP contribution in [0, 0.1) is 11.7 Å². The number of fused-ring (bicyclic) bond motifs is 1. The molecule has 2 aromatic rings. The molecule has 0 unspecified atom stereocenters. The van der Waals surface area contributed by atoms with Crippen molar-refractivity contribution in [1.29, 1.82) is 0 Å². The van der Waals surface area contributed by atoms with E-state index in [1.165, 1.54) is 18.2 Å². The van der Waals surface area contributed by atoms with Crippen LogP contribution in [0.4, 0.5) is 10.1 Å². The van der Waals surface area contributed by atoms with E-state index in [9.17, 15) is 14.2 Å². The Morgan fingerprint density at radius 2 is 2.03 bits per heavy atom. The largest absolute Gasteiger partial charge is 0.491 e. The zero-order chi connectivity index (χ0) is 21.3. The number of carbonyl (C=O) groups excluding carboxylic acids is 1. The minimum Gasteiger partial charge on any atom is -0.423 e. The van der Waals surface area contributed by atoms with Gasteiger partial charge in [0.05, 0.1) is 16.2 Å². The number of nitrogens with zero attached hydrogens (tertiary/aromatic N) is 1. The smallest absolute Gasteiger partial charge is 0.423 e. The van der Waals surface area contributed by atoms with Crippen molar-refractivity contribution in [2.24, 2.45) is 5.92 Å². The lowest BCUT2D eigenvalue weighted by Gasteiger charge is -2.33. The van der Waals surface area contributed by atoms with E-state index in [0.29, 0.717) is 17.7 Å². The number of aryl methyl sites for hydroxylation is 1. The first kappa shape index (κ1) is 21.8. The lowest BCUT2D eigenvalue weighted by Crippen LogP contribution is -2.45. The van der Waals surface area contributed by atoms with Crippen LogP contribution < -0.4 is 10.4 Å². The van der Waals surface area contributed by atoms with Crippen LogP contribution in [-0.4, -0.2) is 30.2 Å². The molecule has 0 aliphatic carbocycles. The van der Waals surface area contributed by atoms with Crippen molar-refractivity contribution >= 4 is 35.8 Å². The van der Waals surface area contributed by atoms with Crippen molar-refractivity contribution in [2.45, 2.75) is 46.1 Å². The Morgan fingerprint density at radius 1 is 1.31 bits per heavy atom. The first-order valence-corrected chi connectivity index (χ1v) is 10.2. The molecule has 0 atom stereocenters. The Bertz CT molecular complexity index is 899. The van der Waals surface area contributed by atoms with Crippen LogP contribution in [0.2, 0.25) is 5.02 Å². The van der Waals surface area contributed by atoms with Crippen LogP contribution in [0.5, 0.6) is 0 Å². The van der Waals surface area contributed by atoms with Gasteiger partial charge in [0.25, 0.3) is 5.91 Å². The van der Waals surface area contributed by atoms with Crippen molar-refractivity contribution in [3.05, 3.63) is 58.4 Å². The summed E-state index contributed by atoms with van der Waals surface area (Å²) in [6.07, 6.45) is 1.50. The summed E-state index contributed by atoms with van der Waals surface area (Å²) in [5, 5.41) is 10.7. The van der Waals surface area contributed by atoms with Gasteiger partial charge in [-0.15, -0.1) is 0 Å². The van der Waals surface area contributed by atoms with Crippen LogP contribution >= 0.6 is 11.6 Å². The van der Waals surface area contributed by atoms with E-state index in [2.05, 4.69) is 0 Å². The van der Waals surface area contributed by atoms with Gasteiger partial charge >= 0.3 is 7.12 Å². The summed E-state index contributed by atoms with van der Waals surface area (Å²) in [7, 11) is -1.07. The zero-order valence-corrected chi connectivity index (χ0v) is 18.0. The van der Waals surface area contributed by atoms with Gasteiger partial charge in [0.1, 0.15) is 5.82 Å². The minimum absolute atomic E-state index is 0.0958. The molecule has 0 bridgehead atoms. The third kappa shape index (κ3) is 4.50. The van der Waals surface area contributed by atoms with Crippen LogP contribution in [-0.2, 0) is 11.1 Å². The summed E-state index contributed by atoms with van der Waals surface area (Å²) in [6.45, 7) is 8.44. The molecule has 2 aromatic carbocycles. The van der Waals surface area contributed by atoms with Crippen LogP contribution in [0.25, 0.3) is 0 Å². The molecule has 3 rings (SSSR count). The average Bonchev–Trinajstić information content (AvgIpc) is 2.66. The molecule has 0 saturated heterocycles. The molecule has 1 aliphatic heterocycles. The molecular formula is C22H26BClFNO3. The fourth-order valence-electron chi connectivity index (χ4n) is 3.31. The SMILES string of the molecule is CC(C)C(C)(C)OB(O)c1ccc2c(c1)CCCN2C(=O)c1c(F)cccc1Cl. The Balaban J connectivity index is 1.89. The molecule has 1 N–H and O–H groups in total. The second-order valence-electron chi connectivity index (χ2n) is 8.27. The van der Waals surface area contributed by atoms with Crippen LogP contribution in [0.3, 0.4) is 0 Å². The van der Waals surface area contributed by atoms with E-state index in [1.54, 1.807) is 17.0 Å². The monoisotopic (exact) mass is 417 g/mol. The molecule has 154 valence electrons. The molecule has 1 amide bonds. The molecule has 7 heteroatoms. The lowest BCUT2D eigenvalue weighted by molar-refractivity contribution is 0.0423. The van der Waals surface area contributed by atoms with E-state index >= 15 is 0 Å². The number of hydrogen-bond acceptors (Lipinski definition) is 3. The average molecular weight is 418 g/mol. The second kappa shape index (κ2) is 8.46. The highest BCUT2D eigenvalue weighted by molar-refractivity contribution is 6.60. The molecule has 0 aromatic heterocycles. The number of rotatable bonds is 5. The molecule has 0 saturated carbocycles. The van der Waals surface area contributed by atoms with Gasteiger partial charge in [-0.1, -0.05) is 43.6 Å². The number of hydrogen-bond donors (Lipinski definition) is 1. The fourth-order valence-corrected chi connectivity index (χ4v) is 3.55. The van der Waals surface area contributed by atoms with E-state index in [4.69, 9.17) is 16.3 Å². The Kier molecular flexibility index (Phi) is 6.37. The third-order valence-electron chi connectivity index (χ3n) is 5.73. The molecule has 1 heterocycles. The maximum absolute atomic E-state index is 14.2. The lowest BCUT2D eigenvalue weighted by atomic mass is 9.76. The molecule has 0 radical (unpaired) electrons. The van der Waals surface area contributed by atoms with Crippen molar-refractivity contribution in [3.63, 3.8) is 0 Å². The van der Waals surface area contributed by atoms with Gasteiger partial charge in [0.15, 0.2) is 0 Å². The van der Waals surface area contributed by atoms with Gasteiger partial charge in [0.2, 0.25) is 0 Å². The Morgan fingerprint density at radius 3 is 2.69 bits per heavy atom. The summed E-state index contributed by atoms with van der Waals surface area (Å²) >= 11 is 6.09. The van der Waals surface area contributed by atoms with Gasteiger partial charge < -0.3 is 14.6 Å². The summed E-state index contributed by atoms with van der Waals surface area (Å²) in [5.74, 6) is -0.862. The zero-order valence-electron chi connectivity index (χ0n) is 17.2. The number of anilines is 1.